The van der Waals surface area contributed by atoms with Crippen molar-refractivity contribution < 1.29 is 4.39 Å². The number of halogens is 1. The molecule has 4 rings (SSSR count). The molecule has 6 nitrogen and oxygen atoms in total. The fourth-order valence-electron chi connectivity index (χ4n) is 3.50. The van der Waals surface area contributed by atoms with Crippen LogP contribution in [0.1, 0.15) is 6.92 Å². The van der Waals surface area contributed by atoms with Crippen LogP contribution >= 0.6 is 0 Å². The van der Waals surface area contributed by atoms with Crippen molar-refractivity contribution in [2.24, 2.45) is 0 Å². The molecule has 0 amide bonds. The lowest BCUT2D eigenvalue weighted by molar-refractivity contribution is 0.0856. The van der Waals surface area contributed by atoms with Crippen LogP contribution in [0.25, 0.3) is 11.4 Å². The molecule has 0 radical (unpaired) electrons. The van der Waals surface area contributed by atoms with Gasteiger partial charge < -0.3 is 9.80 Å². The second-order valence-corrected chi connectivity index (χ2v) is 6.65. The van der Waals surface area contributed by atoms with E-state index in [2.05, 4.69) is 36.6 Å². The second kappa shape index (κ2) is 7.01. The number of nitrogens with zero attached hydrogens (tertiary/aromatic N) is 6. The monoisotopic (exact) mass is 342 g/mol. The third kappa shape index (κ3) is 3.48. The van der Waals surface area contributed by atoms with Crippen LogP contribution in [0.4, 0.5) is 10.3 Å². The SMILES string of the molecule is CCN1CCN(C2CN(c3ncnc(-c4cccc(F)c4)n3)C2)CC1. The summed E-state index contributed by atoms with van der Waals surface area (Å²) in [5.41, 5.74) is 0.677. The standard InChI is InChI=1S/C18H23FN6/c1-2-23-6-8-24(9-7-23)16-11-25(12-16)18-21-13-20-17(22-18)14-4-3-5-15(19)10-14/h3-5,10,13,16H,2,6-9,11-12H2,1H3. The van der Waals surface area contributed by atoms with Crippen molar-refractivity contribution in [3.63, 3.8) is 0 Å². The van der Waals surface area contributed by atoms with Crippen LogP contribution in [-0.4, -0.2) is 76.6 Å². The Morgan fingerprint density at radius 1 is 1.12 bits per heavy atom. The maximum Gasteiger partial charge on any atom is 0.228 e. The van der Waals surface area contributed by atoms with Gasteiger partial charge in [-0.05, 0) is 18.7 Å². The van der Waals surface area contributed by atoms with Crippen LogP contribution in [0.15, 0.2) is 30.6 Å². The number of rotatable bonds is 4. The van der Waals surface area contributed by atoms with Crippen LogP contribution in [0, 0.1) is 5.82 Å². The van der Waals surface area contributed by atoms with Crippen LogP contribution < -0.4 is 4.90 Å². The number of likely N-dealkylation sites (N-methyl/N-ethyl adjacent to an activating group) is 1. The zero-order chi connectivity index (χ0) is 17.2. The average Bonchev–Trinajstić information content (AvgIpc) is 2.61. The van der Waals surface area contributed by atoms with Gasteiger partial charge in [-0.1, -0.05) is 19.1 Å². The summed E-state index contributed by atoms with van der Waals surface area (Å²) in [5.74, 6) is 0.914. The van der Waals surface area contributed by atoms with Crippen molar-refractivity contribution in [3.8, 4) is 11.4 Å². The molecule has 2 aliphatic rings. The summed E-state index contributed by atoms with van der Waals surface area (Å²) in [5, 5.41) is 0. The van der Waals surface area contributed by atoms with E-state index in [1.54, 1.807) is 6.07 Å². The maximum atomic E-state index is 13.4. The average molecular weight is 342 g/mol. The first-order valence-electron chi connectivity index (χ1n) is 8.89. The molecule has 0 aliphatic carbocycles. The zero-order valence-electron chi connectivity index (χ0n) is 14.5. The van der Waals surface area contributed by atoms with Gasteiger partial charge in [-0.2, -0.15) is 4.98 Å². The molecule has 3 heterocycles. The van der Waals surface area contributed by atoms with Gasteiger partial charge in [0.2, 0.25) is 5.95 Å². The molecule has 7 heteroatoms. The van der Waals surface area contributed by atoms with Gasteiger partial charge >= 0.3 is 0 Å². The second-order valence-electron chi connectivity index (χ2n) is 6.65. The Balaban J connectivity index is 1.39. The van der Waals surface area contributed by atoms with Gasteiger partial charge in [0, 0.05) is 50.9 Å². The topological polar surface area (TPSA) is 48.4 Å². The molecule has 25 heavy (non-hydrogen) atoms. The number of aromatic nitrogens is 3. The third-order valence-electron chi connectivity index (χ3n) is 5.16. The molecule has 1 aromatic carbocycles. The highest BCUT2D eigenvalue weighted by Gasteiger charge is 2.34. The lowest BCUT2D eigenvalue weighted by atomic mass is 10.1. The summed E-state index contributed by atoms with van der Waals surface area (Å²) >= 11 is 0. The zero-order valence-corrected chi connectivity index (χ0v) is 14.5. The van der Waals surface area contributed by atoms with Crippen molar-refractivity contribution in [2.75, 3.05) is 50.7 Å². The number of piperazine rings is 1. The molecular weight excluding hydrogens is 319 g/mol. The number of benzene rings is 1. The Bertz CT molecular complexity index is 725. The van der Waals surface area contributed by atoms with E-state index in [0.717, 1.165) is 45.8 Å². The van der Waals surface area contributed by atoms with Crippen LogP contribution in [0.2, 0.25) is 0 Å². The Labute approximate surface area is 147 Å². The van der Waals surface area contributed by atoms with E-state index >= 15 is 0 Å². The Hall–Kier alpha value is -2.12. The van der Waals surface area contributed by atoms with Crippen molar-refractivity contribution in [1.82, 2.24) is 24.8 Å². The van der Waals surface area contributed by atoms with Gasteiger partial charge in [-0.3, -0.25) is 4.90 Å². The minimum atomic E-state index is -0.283. The predicted octanol–water partition coefficient (Wildman–Crippen LogP) is 1.50. The first kappa shape index (κ1) is 16.4. The Morgan fingerprint density at radius 2 is 1.92 bits per heavy atom. The van der Waals surface area contributed by atoms with Crippen LogP contribution in [0.3, 0.4) is 0 Å². The molecule has 0 N–H and O–H groups in total. The van der Waals surface area contributed by atoms with Gasteiger partial charge in [0.25, 0.3) is 0 Å². The molecule has 2 saturated heterocycles. The van der Waals surface area contributed by atoms with Gasteiger partial charge in [-0.15, -0.1) is 0 Å². The molecule has 0 spiro atoms. The predicted molar refractivity (Wildman–Crippen MR) is 94.9 cm³/mol. The van der Waals surface area contributed by atoms with Crippen molar-refractivity contribution in [3.05, 3.63) is 36.4 Å². The smallest absolute Gasteiger partial charge is 0.228 e. The summed E-state index contributed by atoms with van der Waals surface area (Å²) < 4.78 is 13.4. The highest BCUT2D eigenvalue weighted by atomic mass is 19.1. The quantitative estimate of drug-likeness (QED) is 0.839. The van der Waals surface area contributed by atoms with Gasteiger partial charge in [-0.25, -0.2) is 14.4 Å². The van der Waals surface area contributed by atoms with E-state index in [-0.39, 0.29) is 5.82 Å². The summed E-state index contributed by atoms with van der Waals surface area (Å²) in [4.78, 5) is 20.2. The summed E-state index contributed by atoms with van der Waals surface area (Å²) in [6.45, 7) is 9.83. The number of hydrogen-bond acceptors (Lipinski definition) is 6. The normalized spacial score (nSPS) is 19.8. The third-order valence-corrected chi connectivity index (χ3v) is 5.16. The first-order valence-corrected chi connectivity index (χ1v) is 8.89. The largest absolute Gasteiger partial charge is 0.337 e. The molecule has 2 aliphatic heterocycles. The van der Waals surface area contributed by atoms with Crippen LogP contribution in [0.5, 0.6) is 0 Å². The van der Waals surface area contributed by atoms with E-state index in [4.69, 9.17) is 0 Å². The van der Waals surface area contributed by atoms with E-state index in [9.17, 15) is 4.39 Å². The van der Waals surface area contributed by atoms with Crippen LogP contribution in [-0.2, 0) is 0 Å². The minimum Gasteiger partial charge on any atom is -0.337 e. The van der Waals surface area contributed by atoms with Crippen molar-refractivity contribution >= 4 is 5.95 Å². The molecule has 2 fully saturated rings. The van der Waals surface area contributed by atoms with E-state index in [1.165, 1.54) is 18.5 Å². The van der Waals surface area contributed by atoms with Gasteiger partial charge in [0.1, 0.15) is 12.1 Å². The first-order chi connectivity index (χ1) is 12.2. The molecule has 0 bridgehead atoms. The highest BCUT2D eigenvalue weighted by Crippen LogP contribution is 2.23. The lowest BCUT2D eigenvalue weighted by Crippen LogP contribution is -2.63. The summed E-state index contributed by atoms with van der Waals surface area (Å²) in [6.07, 6.45) is 1.51. The van der Waals surface area contributed by atoms with E-state index in [0.29, 0.717) is 23.4 Å². The van der Waals surface area contributed by atoms with Gasteiger partial charge in [0.05, 0.1) is 0 Å². The molecule has 2 aromatic rings. The van der Waals surface area contributed by atoms with Crippen molar-refractivity contribution in [1.29, 1.82) is 0 Å². The molecule has 0 saturated carbocycles. The van der Waals surface area contributed by atoms with E-state index in [1.807, 2.05) is 6.07 Å². The Morgan fingerprint density at radius 3 is 2.64 bits per heavy atom. The maximum absolute atomic E-state index is 13.4. The lowest BCUT2D eigenvalue weighted by Gasteiger charge is -2.48. The molecular formula is C18H23FN6. The number of anilines is 1. The van der Waals surface area contributed by atoms with Crippen molar-refractivity contribution in [2.45, 2.75) is 13.0 Å². The summed E-state index contributed by atoms with van der Waals surface area (Å²) in [6, 6.07) is 6.93. The number of hydrogen-bond donors (Lipinski definition) is 0. The highest BCUT2D eigenvalue weighted by molar-refractivity contribution is 5.56. The minimum absolute atomic E-state index is 0.283. The fraction of sp³-hybridized carbons (Fsp3) is 0.500. The molecule has 0 unspecified atom stereocenters. The van der Waals surface area contributed by atoms with Gasteiger partial charge in [0.15, 0.2) is 5.82 Å². The molecule has 132 valence electrons. The molecule has 1 aromatic heterocycles. The summed E-state index contributed by atoms with van der Waals surface area (Å²) in [7, 11) is 0. The Kier molecular flexibility index (Phi) is 4.59. The molecule has 0 atom stereocenters. The van der Waals surface area contributed by atoms with E-state index < -0.39 is 0 Å². The fourth-order valence-corrected chi connectivity index (χ4v) is 3.50.